The Morgan fingerprint density at radius 3 is 1.61 bits per heavy atom. The van der Waals surface area contributed by atoms with Crippen LogP contribution in [0.15, 0.2) is 36.5 Å². The smallest absolute Gasteiger partial charge is 0.462 e. The van der Waals surface area contributed by atoms with Gasteiger partial charge in [0.1, 0.15) is 43.2 Å². The summed E-state index contributed by atoms with van der Waals surface area (Å²) in [5.41, 5.74) is 0. The molecule has 7 atom stereocenters. The van der Waals surface area contributed by atoms with Crippen LogP contribution in [0, 0.1) is 0 Å². The number of phosphoric ester groups is 1. The van der Waals surface area contributed by atoms with E-state index < -0.39 is 81.8 Å². The Hall–Kier alpha value is -1.97. The second-order valence-electron chi connectivity index (χ2n) is 16.8. The number of ether oxygens (including phenoxy) is 2. The normalized spacial score (nSPS) is 22.7. The Kier molecular flexibility index (Phi) is 34.9. The number of allylic oxidation sites excluding steroid dienone is 5. The lowest BCUT2D eigenvalue weighted by Gasteiger charge is -2.41. The van der Waals surface area contributed by atoms with Crippen LogP contribution in [-0.2, 0) is 32.7 Å². The molecule has 14 nitrogen and oxygen atoms in total. The van der Waals surface area contributed by atoms with Crippen LogP contribution in [0.2, 0.25) is 0 Å². The fraction of sp³-hybridized carbons (Fsp3) is 0.830. The highest BCUT2D eigenvalue weighted by Crippen LogP contribution is 2.47. The molecule has 0 spiro atoms. The zero-order valence-corrected chi connectivity index (χ0v) is 38.9. The zero-order chi connectivity index (χ0) is 45.9. The molecule has 0 amide bonds. The molecular formula is C47H85O14P. The number of carbonyl (C=O) groups excluding carboxylic acids is 2. The maximum atomic E-state index is 12.8. The van der Waals surface area contributed by atoms with Gasteiger partial charge in [0, 0.05) is 12.8 Å². The number of carbonyl (C=O) groups is 2. The SMILES string of the molecule is CCCCCCCCCCCCCCCCCC(=O)OCC(COP(=O)(O)OC1C(O)C(O)C(O)C(O)C1O)OC(=O)CCC/C=C\C/C=C\C=C/C(O)CCCCCCCC. The standard InChI is InChI=1S/C47H85O14P/c1-3-5-7-9-11-12-13-14-15-16-17-18-22-26-30-34-40(49)58-36-39(37-59-62(56,57)61-47-45(54)43(52)42(51)44(53)46(47)55)60-41(50)35-31-27-23-20-19-21-25-29-33-38(48)32-28-24-10-8-6-4-2/h20-21,23,25,29,33,38-39,42-48,51-55H,3-19,22,24,26-28,30-32,34-37H2,1-2H3,(H,56,57)/b23-20-,25-21-,33-29-. The van der Waals surface area contributed by atoms with E-state index in [1.54, 1.807) is 6.08 Å². The maximum Gasteiger partial charge on any atom is 0.472 e. The van der Waals surface area contributed by atoms with Gasteiger partial charge in [0.25, 0.3) is 0 Å². The fourth-order valence-electron chi connectivity index (χ4n) is 7.18. The third kappa shape index (κ3) is 29.5. The Labute approximate surface area is 372 Å². The molecule has 362 valence electrons. The Morgan fingerprint density at radius 2 is 1.06 bits per heavy atom. The van der Waals surface area contributed by atoms with E-state index >= 15 is 0 Å². The van der Waals surface area contributed by atoms with Crippen molar-refractivity contribution in [1.29, 1.82) is 0 Å². The third-order valence-corrected chi connectivity index (χ3v) is 12.1. The summed E-state index contributed by atoms with van der Waals surface area (Å²) >= 11 is 0. The van der Waals surface area contributed by atoms with E-state index in [0.29, 0.717) is 25.7 Å². The number of unbranched alkanes of at least 4 members (excludes halogenated alkanes) is 20. The quantitative estimate of drug-likeness (QED) is 0.0101. The number of hydrogen-bond acceptors (Lipinski definition) is 13. The molecule has 0 aromatic rings. The topological polar surface area (TPSA) is 230 Å². The molecule has 0 aliphatic heterocycles. The second-order valence-corrected chi connectivity index (χ2v) is 18.2. The highest BCUT2D eigenvalue weighted by atomic mass is 31.2. The zero-order valence-electron chi connectivity index (χ0n) is 38.0. The molecule has 0 saturated heterocycles. The first-order chi connectivity index (χ1) is 29.8. The number of aliphatic hydroxyl groups excluding tert-OH is 6. The minimum absolute atomic E-state index is 0.00513. The molecule has 1 aliphatic carbocycles. The van der Waals surface area contributed by atoms with Crippen LogP contribution in [0.5, 0.6) is 0 Å². The van der Waals surface area contributed by atoms with Crippen molar-refractivity contribution in [1.82, 2.24) is 0 Å². The lowest BCUT2D eigenvalue weighted by atomic mass is 9.85. The van der Waals surface area contributed by atoms with Crippen molar-refractivity contribution in [3.8, 4) is 0 Å². The van der Waals surface area contributed by atoms with Crippen molar-refractivity contribution in [2.45, 2.75) is 236 Å². The first-order valence-electron chi connectivity index (χ1n) is 23.9. The molecule has 1 fully saturated rings. The van der Waals surface area contributed by atoms with Crippen LogP contribution in [0.4, 0.5) is 0 Å². The van der Waals surface area contributed by atoms with Crippen LogP contribution < -0.4 is 0 Å². The minimum atomic E-state index is -5.15. The van der Waals surface area contributed by atoms with Crippen molar-refractivity contribution >= 4 is 19.8 Å². The second kappa shape index (κ2) is 37.3. The van der Waals surface area contributed by atoms with Gasteiger partial charge in [-0.05, 0) is 32.1 Å². The predicted octanol–water partition coefficient (Wildman–Crippen LogP) is 8.36. The van der Waals surface area contributed by atoms with Crippen molar-refractivity contribution in [2.24, 2.45) is 0 Å². The van der Waals surface area contributed by atoms with Gasteiger partial charge < -0.3 is 45.0 Å². The van der Waals surface area contributed by atoms with Gasteiger partial charge in [-0.1, -0.05) is 179 Å². The van der Waals surface area contributed by atoms with Crippen LogP contribution in [-0.4, -0.2) is 110 Å². The van der Waals surface area contributed by atoms with E-state index in [4.69, 9.17) is 18.5 Å². The van der Waals surface area contributed by atoms with Crippen molar-refractivity contribution in [3.63, 3.8) is 0 Å². The van der Waals surface area contributed by atoms with Crippen molar-refractivity contribution in [2.75, 3.05) is 13.2 Å². The van der Waals surface area contributed by atoms with E-state index in [-0.39, 0.29) is 12.8 Å². The molecule has 1 rings (SSSR count). The summed E-state index contributed by atoms with van der Waals surface area (Å²) in [5.74, 6) is -1.19. The van der Waals surface area contributed by atoms with Crippen molar-refractivity contribution < 1.29 is 68.2 Å². The van der Waals surface area contributed by atoms with Gasteiger partial charge in [0.15, 0.2) is 6.10 Å². The Morgan fingerprint density at radius 1 is 0.581 bits per heavy atom. The Balaban J connectivity index is 2.51. The van der Waals surface area contributed by atoms with Crippen LogP contribution in [0.1, 0.15) is 187 Å². The van der Waals surface area contributed by atoms with Gasteiger partial charge in [-0.15, -0.1) is 0 Å². The fourth-order valence-corrected chi connectivity index (χ4v) is 8.15. The van der Waals surface area contributed by atoms with Crippen LogP contribution in [0.25, 0.3) is 0 Å². The molecule has 0 aromatic heterocycles. The molecule has 0 radical (unpaired) electrons. The molecule has 0 bridgehead atoms. The van der Waals surface area contributed by atoms with E-state index in [2.05, 4.69) is 13.8 Å². The van der Waals surface area contributed by atoms with Gasteiger partial charge in [0.2, 0.25) is 0 Å². The summed E-state index contributed by atoms with van der Waals surface area (Å²) in [4.78, 5) is 35.7. The van der Waals surface area contributed by atoms with Crippen LogP contribution in [0.3, 0.4) is 0 Å². The summed E-state index contributed by atoms with van der Waals surface area (Å²) in [6.45, 7) is 3.19. The maximum absolute atomic E-state index is 12.8. The van der Waals surface area contributed by atoms with Gasteiger partial charge in [-0.2, -0.15) is 0 Å². The lowest BCUT2D eigenvalue weighted by Crippen LogP contribution is -2.64. The highest BCUT2D eigenvalue weighted by Gasteiger charge is 2.51. The molecule has 1 saturated carbocycles. The number of phosphoric acid groups is 1. The molecule has 0 heterocycles. The van der Waals surface area contributed by atoms with E-state index in [0.717, 1.165) is 38.5 Å². The highest BCUT2D eigenvalue weighted by molar-refractivity contribution is 7.47. The average molecular weight is 905 g/mol. The minimum Gasteiger partial charge on any atom is -0.462 e. The van der Waals surface area contributed by atoms with E-state index in [1.165, 1.54) is 96.3 Å². The molecule has 0 aromatic carbocycles. The monoisotopic (exact) mass is 905 g/mol. The van der Waals surface area contributed by atoms with Gasteiger partial charge >= 0.3 is 19.8 Å². The first-order valence-corrected chi connectivity index (χ1v) is 25.4. The number of aliphatic hydroxyl groups is 6. The molecular weight excluding hydrogens is 819 g/mol. The number of hydrogen-bond donors (Lipinski definition) is 7. The van der Waals surface area contributed by atoms with Gasteiger partial charge in [-0.25, -0.2) is 4.57 Å². The number of esters is 2. The summed E-state index contributed by atoms with van der Waals surface area (Å²) in [6.07, 6.45) is 25.1. The predicted molar refractivity (Wildman–Crippen MR) is 241 cm³/mol. The summed E-state index contributed by atoms with van der Waals surface area (Å²) in [6, 6.07) is 0. The average Bonchev–Trinajstić information content (AvgIpc) is 3.25. The first kappa shape index (κ1) is 58.0. The molecule has 1 aliphatic rings. The lowest BCUT2D eigenvalue weighted by molar-refractivity contribution is -0.220. The van der Waals surface area contributed by atoms with Crippen LogP contribution >= 0.6 is 7.82 Å². The molecule has 62 heavy (non-hydrogen) atoms. The molecule has 15 heteroatoms. The van der Waals surface area contributed by atoms with Gasteiger partial charge in [0.05, 0.1) is 12.7 Å². The largest absolute Gasteiger partial charge is 0.472 e. The molecule has 7 unspecified atom stereocenters. The third-order valence-electron chi connectivity index (χ3n) is 11.1. The summed E-state index contributed by atoms with van der Waals surface area (Å²) in [7, 11) is -5.15. The van der Waals surface area contributed by atoms with E-state index in [1.807, 2.05) is 30.4 Å². The van der Waals surface area contributed by atoms with E-state index in [9.17, 15) is 49.7 Å². The summed E-state index contributed by atoms with van der Waals surface area (Å²) in [5, 5.41) is 60.3. The number of rotatable bonds is 39. The van der Waals surface area contributed by atoms with Gasteiger partial charge in [-0.3, -0.25) is 18.6 Å². The van der Waals surface area contributed by atoms with Crippen molar-refractivity contribution in [3.05, 3.63) is 36.5 Å². The molecule has 7 N–H and O–H groups in total. The summed E-state index contributed by atoms with van der Waals surface area (Å²) < 4.78 is 33.5. The Bertz CT molecular complexity index is 1250.